The molecule has 3 amide bonds. The number of anilines is 2. The lowest BCUT2D eigenvalue weighted by Crippen LogP contribution is -2.35. The van der Waals surface area contributed by atoms with Crippen LogP contribution in [-0.2, 0) is 4.79 Å². The smallest absolute Gasteiger partial charge is 0.319 e. The lowest BCUT2D eigenvalue weighted by molar-refractivity contribution is -0.115. The van der Waals surface area contributed by atoms with Crippen LogP contribution in [0.3, 0.4) is 0 Å². The number of urea groups is 1. The zero-order valence-electron chi connectivity index (χ0n) is 12.0. The van der Waals surface area contributed by atoms with E-state index < -0.39 is 6.03 Å². The summed E-state index contributed by atoms with van der Waals surface area (Å²) >= 11 is 3.40. The van der Waals surface area contributed by atoms with Crippen molar-refractivity contribution in [3.05, 3.63) is 58.6 Å². The molecule has 0 saturated carbocycles. The first-order valence-electron chi connectivity index (χ1n) is 6.70. The maximum atomic E-state index is 11.8. The maximum absolute atomic E-state index is 11.8. The molecule has 0 radical (unpaired) electrons. The second-order valence-corrected chi connectivity index (χ2v) is 5.54. The molecule has 0 aliphatic heterocycles. The Kier molecular flexibility index (Phi) is 5.55. The van der Waals surface area contributed by atoms with E-state index in [1.165, 1.54) is 0 Å². The Balaban J connectivity index is 1.80. The Morgan fingerprint density at radius 3 is 2.41 bits per heavy atom. The molecule has 114 valence electrons. The molecule has 3 N–H and O–H groups in total. The van der Waals surface area contributed by atoms with Crippen LogP contribution in [0.25, 0.3) is 0 Å². The summed E-state index contributed by atoms with van der Waals surface area (Å²) in [7, 11) is 0. The number of amides is 3. The van der Waals surface area contributed by atoms with Crippen LogP contribution in [0.5, 0.6) is 0 Å². The standard InChI is InChI=1S/C16H16BrN3O2/c1-11-9-13(7-8-14(11)17)19-15(21)10-18-16(22)20-12-5-3-2-4-6-12/h2-9H,10H2,1H3,(H,19,21)(H2,18,20,22). The Morgan fingerprint density at radius 1 is 1.00 bits per heavy atom. The van der Waals surface area contributed by atoms with Crippen molar-refractivity contribution < 1.29 is 9.59 Å². The van der Waals surface area contributed by atoms with E-state index in [0.29, 0.717) is 11.4 Å². The van der Waals surface area contributed by atoms with E-state index in [1.54, 1.807) is 18.2 Å². The SMILES string of the molecule is Cc1cc(NC(=O)CNC(=O)Nc2ccccc2)ccc1Br. The molecule has 2 rings (SSSR count). The lowest BCUT2D eigenvalue weighted by Gasteiger charge is -2.09. The van der Waals surface area contributed by atoms with Crippen molar-refractivity contribution in [1.82, 2.24) is 5.32 Å². The molecule has 2 aromatic carbocycles. The summed E-state index contributed by atoms with van der Waals surface area (Å²) in [6.45, 7) is 1.83. The van der Waals surface area contributed by atoms with Gasteiger partial charge in [-0.2, -0.15) is 0 Å². The van der Waals surface area contributed by atoms with Crippen LogP contribution in [0.2, 0.25) is 0 Å². The van der Waals surface area contributed by atoms with Gasteiger partial charge in [0.05, 0.1) is 6.54 Å². The summed E-state index contributed by atoms with van der Waals surface area (Å²) in [6, 6.07) is 14.1. The Morgan fingerprint density at radius 2 is 1.73 bits per heavy atom. The molecule has 0 fully saturated rings. The molecular formula is C16H16BrN3O2. The largest absolute Gasteiger partial charge is 0.329 e. The number of rotatable bonds is 4. The molecule has 0 bridgehead atoms. The first-order valence-corrected chi connectivity index (χ1v) is 7.50. The van der Waals surface area contributed by atoms with Gasteiger partial charge in [-0.25, -0.2) is 4.79 Å². The highest BCUT2D eigenvalue weighted by molar-refractivity contribution is 9.10. The van der Waals surface area contributed by atoms with Crippen molar-refractivity contribution in [1.29, 1.82) is 0 Å². The van der Waals surface area contributed by atoms with E-state index in [1.807, 2.05) is 37.3 Å². The van der Waals surface area contributed by atoms with E-state index in [-0.39, 0.29) is 12.5 Å². The van der Waals surface area contributed by atoms with Crippen LogP contribution in [-0.4, -0.2) is 18.5 Å². The molecule has 0 unspecified atom stereocenters. The van der Waals surface area contributed by atoms with Gasteiger partial charge in [-0.05, 0) is 42.8 Å². The first-order chi connectivity index (χ1) is 10.5. The predicted octanol–water partition coefficient (Wildman–Crippen LogP) is 3.52. The molecule has 0 aromatic heterocycles. The quantitative estimate of drug-likeness (QED) is 0.779. The fraction of sp³-hybridized carbons (Fsp3) is 0.125. The van der Waals surface area contributed by atoms with Gasteiger partial charge in [0.2, 0.25) is 5.91 Å². The minimum Gasteiger partial charge on any atom is -0.329 e. The lowest BCUT2D eigenvalue weighted by atomic mass is 10.2. The fourth-order valence-corrected chi connectivity index (χ4v) is 2.03. The highest BCUT2D eigenvalue weighted by Crippen LogP contribution is 2.19. The summed E-state index contributed by atoms with van der Waals surface area (Å²) in [5, 5.41) is 7.87. The van der Waals surface area contributed by atoms with Crippen molar-refractivity contribution in [3.63, 3.8) is 0 Å². The number of para-hydroxylation sites is 1. The molecule has 5 nitrogen and oxygen atoms in total. The van der Waals surface area contributed by atoms with Gasteiger partial charge in [0.1, 0.15) is 0 Å². The molecule has 22 heavy (non-hydrogen) atoms. The average molecular weight is 362 g/mol. The molecule has 2 aromatic rings. The third-order valence-electron chi connectivity index (χ3n) is 2.88. The number of halogens is 1. The van der Waals surface area contributed by atoms with E-state index in [9.17, 15) is 9.59 Å². The molecule has 0 atom stereocenters. The summed E-state index contributed by atoms with van der Waals surface area (Å²) < 4.78 is 0.978. The van der Waals surface area contributed by atoms with Crippen molar-refractivity contribution in [2.24, 2.45) is 0 Å². The number of aryl methyl sites for hydroxylation is 1. The molecular weight excluding hydrogens is 346 g/mol. The van der Waals surface area contributed by atoms with Gasteiger partial charge in [0.25, 0.3) is 0 Å². The molecule has 0 heterocycles. The van der Waals surface area contributed by atoms with E-state index in [4.69, 9.17) is 0 Å². The third-order valence-corrected chi connectivity index (χ3v) is 3.77. The fourth-order valence-electron chi connectivity index (χ4n) is 1.78. The van der Waals surface area contributed by atoms with E-state index in [2.05, 4.69) is 31.9 Å². The normalized spacial score (nSPS) is 9.91. The maximum Gasteiger partial charge on any atom is 0.319 e. The summed E-state index contributed by atoms with van der Waals surface area (Å²) in [4.78, 5) is 23.5. The predicted molar refractivity (Wildman–Crippen MR) is 91.0 cm³/mol. The van der Waals surface area contributed by atoms with Crippen LogP contribution < -0.4 is 16.0 Å². The highest BCUT2D eigenvalue weighted by atomic mass is 79.9. The van der Waals surface area contributed by atoms with Gasteiger partial charge in [-0.3, -0.25) is 4.79 Å². The minimum atomic E-state index is -0.423. The molecule has 0 spiro atoms. The number of nitrogens with one attached hydrogen (secondary N) is 3. The van der Waals surface area contributed by atoms with Crippen molar-refractivity contribution >= 4 is 39.2 Å². The highest BCUT2D eigenvalue weighted by Gasteiger charge is 2.06. The molecule has 0 saturated heterocycles. The average Bonchev–Trinajstić information content (AvgIpc) is 2.50. The van der Waals surface area contributed by atoms with Crippen LogP contribution in [0, 0.1) is 6.92 Å². The number of benzene rings is 2. The van der Waals surface area contributed by atoms with Gasteiger partial charge in [0, 0.05) is 15.8 Å². The molecule has 0 aliphatic carbocycles. The van der Waals surface area contributed by atoms with Gasteiger partial charge >= 0.3 is 6.03 Å². The Labute approximate surface area is 137 Å². The number of hydrogen-bond donors (Lipinski definition) is 3. The van der Waals surface area contributed by atoms with Crippen LogP contribution in [0.1, 0.15) is 5.56 Å². The zero-order chi connectivity index (χ0) is 15.9. The Hall–Kier alpha value is -2.34. The van der Waals surface area contributed by atoms with Gasteiger partial charge in [-0.15, -0.1) is 0 Å². The molecule has 0 aliphatic rings. The number of carbonyl (C=O) groups is 2. The minimum absolute atomic E-state index is 0.103. The van der Waals surface area contributed by atoms with Crippen molar-refractivity contribution in [3.8, 4) is 0 Å². The second-order valence-electron chi connectivity index (χ2n) is 4.69. The van der Waals surface area contributed by atoms with Crippen LogP contribution in [0.15, 0.2) is 53.0 Å². The van der Waals surface area contributed by atoms with E-state index >= 15 is 0 Å². The number of hydrogen-bond acceptors (Lipinski definition) is 2. The van der Waals surface area contributed by atoms with Crippen LogP contribution in [0.4, 0.5) is 16.2 Å². The van der Waals surface area contributed by atoms with Gasteiger partial charge in [-0.1, -0.05) is 34.1 Å². The summed E-state index contributed by atoms with van der Waals surface area (Å²) in [6.07, 6.45) is 0. The Bertz CT molecular complexity index is 674. The summed E-state index contributed by atoms with van der Waals surface area (Å²) in [5.41, 5.74) is 2.38. The van der Waals surface area contributed by atoms with Gasteiger partial charge in [0.15, 0.2) is 0 Å². The van der Waals surface area contributed by atoms with Crippen LogP contribution >= 0.6 is 15.9 Å². The monoisotopic (exact) mass is 361 g/mol. The van der Waals surface area contributed by atoms with Crippen molar-refractivity contribution in [2.75, 3.05) is 17.2 Å². The second kappa shape index (κ2) is 7.61. The van der Waals surface area contributed by atoms with E-state index in [0.717, 1.165) is 10.0 Å². The summed E-state index contributed by atoms with van der Waals surface area (Å²) in [5.74, 6) is -0.287. The number of carbonyl (C=O) groups excluding carboxylic acids is 2. The molecule has 6 heteroatoms. The van der Waals surface area contributed by atoms with Crippen molar-refractivity contribution in [2.45, 2.75) is 6.92 Å². The first kappa shape index (κ1) is 16.0. The zero-order valence-corrected chi connectivity index (χ0v) is 13.6. The topological polar surface area (TPSA) is 70.2 Å². The third kappa shape index (κ3) is 4.89. The van der Waals surface area contributed by atoms with Gasteiger partial charge < -0.3 is 16.0 Å².